The van der Waals surface area contributed by atoms with Crippen molar-refractivity contribution in [3.05, 3.63) is 35.9 Å². The Morgan fingerprint density at radius 1 is 1.47 bits per heavy atom. The molecule has 1 aromatic rings. The van der Waals surface area contributed by atoms with E-state index in [-0.39, 0.29) is 24.5 Å². The molecule has 0 spiro atoms. The molecule has 2 rings (SSSR count). The van der Waals surface area contributed by atoms with E-state index in [9.17, 15) is 9.90 Å². The molecule has 19 heavy (non-hydrogen) atoms. The second kappa shape index (κ2) is 6.68. The van der Waals surface area contributed by atoms with Crippen molar-refractivity contribution < 1.29 is 14.6 Å². The van der Waals surface area contributed by atoms with Gasteiger partial charge >= 0.3 is 0 Å². The van der Waals surface area contributed by atoms with Crippen LogP contribution < -0.4 is 0 Å². The summed E-state index contributed by atoms with van der Waals surface area (Å²) in [5, 5.41) is 9.36. The van der Waals surface area contributed by atoms with Crippen LogP contribution in [-0.4, -0.2) is 48.3 Å². The number of benzene rings is 1. The van der Waals surface area contributed by atoms with Gasteiger partial charge in [-0.15, -0.1) is 0 Å². The van der Waals surface area contributed by atoms with E-state index in [1.165, 1.54) is 0 Å². The van der Waals surface area contributed by atoms with E-state index in [4.69, 9.17) is 4.74 Å². The Labute approximate surface area is 114 Å². The largest absolute Gasteiger partial charge is 0.394 e. The Morgan fingerprint density at radius 2 is 2.21 bits per heavy atom. The fourth-order valence-corrected chi connectivity index (χ4v) is 2.53. The summed E-state index contributed by atoms with van der Waals surface area (Å²) in [7, 11) is 0. The molecule has 0 aliphatic carbocycles. The summed E-state index contributed by atoms with van der Waals surface area (Å²) in [6.07, 6.45) is 0.762. The van der Waals surface area contributed by atoms with E-state index in [2.05, 4.69) is 0 Å². The highest BCUT2D eigenvalue weighted by atomic mass is 16.5. The summed E-state index contributed by atoms with van der Waals surface area (Å²) in [6, 6.07) is 9.62. The first kappa shape index (κ1) is 14.0. The number of ether oxygens (including phenoxy) is 1. The molecule has 1 aromatic carbocycles. The van der Waals surface area contributed by atoms with Crippen molar-refractivity contribution in [2.24, 2.45) is 0 Å². The van der Waals surface area contributed by atoms with Crippen LogP contribution >= 0.6 is 0 Å². The molecule has 4 heteroatoms. The molecule has 1 N–H and O–H groups in total. The molecule has 1 saturated heterocycles. The van der Waals surface area contributed by atoms with E-state index >= 15 is 0 Å². The van der Waals surface area contributed by atoms with Crippen molar-refractivity contribution in [1.29, 1.82) is 0 Å². The number of carbonyl (C=O) groups is 1. The van der Waals surface area contributed by atoms with Gasteiger partial charge in [-0.2, -0.15) is 0 Å². The maximum atomic E-state index is 12.7. The lowest BCUT2D eigenvalue weighted by molar-refractivity contribution is -0.143. The van der Waals surface area contributed by atoms with Gasteiger partial charge in [-0.1, -0.05) is 37.3 Å². The molecule has 0 radical (unpaired) electrons. The first-order valence-corrected chi connectivity index (χ1v) is 6.82. The van der Waals surface area contributed by atoms with Crippen molar-refractivity contribution in [3.63, 3.8) is 0 Å². The fraction of sp³-hybridized carbons (Fsp3) is 0.533. The van der Waals surface area contributed by atoms with Crippen LogP contribution in [0.2, 0.25) is 0 Å². The number of hydrogen-bond acceptors (Lipinski definition) is 3. The van der Waals surface area contributed by atoms with Crippen molar-refractivity contribution in [2.75, 3.05) is 26.4 Å². The first-order chi connectivity index (χ1) is 9.27. The van der Waals surface area contributed by atoms with Gasteiger partial charge in [-0.3, -0.25) is 4.79 Å². The summed E-state index contributed by atoms with van der Waals surface area (Å²) >= 11 is 0. The van der Waals surface area contributed by atoms with E-state index in [1.54, 1.807) is 4.90 Å². The summed E-state index contributed by atoms with van der Waals surface area (Å²) < 4.78 is 5.32. The minimum absolute atomic E-state index is 0.0447. The van der Waals surface area contributed by atoms with Gasteiger partial charge in [0.1, 0.15) is 0 Å². The van der Waals surface area contributed by atoms with Gasteiger partial charge in [0, 0.05) is 6.54 Å². The molecule has 1 heterocycles. The lowest BCUT2D eigenvalue weighted by Crippen LogP contribution is -2.51. The van der Waals surface area contributed by atoms with E-state index in [1.807, 2.05) is 37.3 Å². The van der Waals surface area contributed by atoms with Crippen LogP contribution in [0.5, 0.6) is 0 Å². The van der Waals surface area contributed by atoms with Gasteiger partial charge in [0.15, 0.2) is 0 Å². The van der Waals surface area contributed by atoms with Gasteiger partial charge < -0.3 is 14.7 Å². The van der Waals surface area contributed by atoms with Crippen molar-refractivity contribution in [3.8, 4) is 0 Å². The van der Waals surface area contributed by atoms with Gasteiger partial charge in [-0.25, -0.2) is 0 Å². The van der Waals surface area contributed by atoms with Gasteiger partial charge in [0.25, 0.3) is 0 Å². The second-order valence-corrected chi connectivity index (χ2v) is 4.81. The third-order valence-corrected chi connectivity index (χ3v) is 3.63. The zero-order chi connectivity index (χ0) is 13.7. The van der Waals surface area contributed by atoms with Crippen LogP contribution in [0, 0.1) is 0 Å². The Balaban J connectivity index is 2.16. The van der Waals surface area contributed by atoms with Crippen LogP contribution in [0.4, 0.5) is 0 Å². The third kappa shape index (κ3) is 3.14. The maximum Gasteiger partial charge on any atom is 0.230 e. The topological polar surface area (TPSA) is 49.8 Å². The minimum Gasteiger partial charge on any atom is -0.394 e. The van der Waals surface area contributed by atoms with E-state index in [0.29, 0.717) is 19.8 Å². The SMILES string of the molecule is CCC(C(=O)N1CCOCC1CO)c1ccccc1. The monoisotopic (exact) mass is 263 g/mol. The number of aliphatic hydroxyl groups excluding tert-OH is 1. The average molecular weight is 263 g/mol. The standard InChI is InChI=1S/C15H21NO3/c1-2-14(12-6-4-3-5-7-12)15(18)16-8-9-19-11-13(16)10-17/h3-7,13-14,17H,2,8-11H2,1H3. The van der Waals surface area contributed by atoms with Crippen LogP contribution in [0.3, 0.4) is 0 Å². The minimum atomic E-state index is -0.209. The molecule has 0 aromatic heterocycles. The molecule has 1 amide bonds. The Bertz CT molecular complexity index is 407. The highest BCUT2D eigenvalue weighted by Gasteiger charge is 2.31. The van der Waals surface area contributed by atoms with Gasteiger partial charge in [0.05, 0.1) is 31.8 Å². The van der Waals surface area contributed by atoms with Crippen LogP contribution in [0.15, 0.2) is 30.3 Å². The third-order valence-electron chi connectivity index (χ3n) is 3.63. The highest BCUT2D eigenvalue weighted by molar-refractivity contribution is 5.84. The molecular formula is C15H21NO3. The van der Waals surface area contributed by atoms with Crippen molar-refractivity contribution in [2.45, 2.75) is 25.3 Å². The van der Waals surface area contributed by atoms with Crippen molar-refractivity contribution >= 4 is 5.91 Å². The number of carbonyl (C=O) groups excluding carboxylic acids is 1. The number of morpholine rings is 1. The predicted molar refractivity (Wildman–Crippen MR) is 72.9 cm³/mol. The summed E-state index contributed by atoms with van der Waals surface area (Å²) in [5.41, 5.74) is 1.04. The van der Waals surface area contributed by atoms with E-state index < -0.39 is 0 Å². The summed E-state index contributed by atoms with van der Waals surface area (Å²) in [5.74, 6) is -0.0376. The summed E-state index contributed by atoms with van der Waals surface area (Å²) in [6.45, 7) is 3.51. The number of amides is 1. The number of rotatable bonds is 4. The highest BCUT2D eigenvalue weighted by Crippen LogP contribution is 2.23. The average Bonchev–Trinajstić information content (AvgIpc) is 2.49. The quantitative estimate of drug-likeness (QED) is 0.893. The first-order valence-electron chi connectivity index (χ1n) is 6.82. The molecular weight excluding hydrogens is 242 g/mol. The molecule has 1 aliphatic rings. The lowest BCUT2D eigenvalue weighted by Gasteiger charge is -2.36. The molecule has 0 saturated carbocycles. The Hall–Kier alpha value is -1.39. The zero-order valence-electron chi connectivity index (χ0n) is 11.3. The van der Waals surface area contributed by atoms with E-state index in [0.717, 1.165) is 12.0 Å². The Kier molecular flexibility index (Phi) is 4.93. The predicted octanol–water partition coefficient (Wildman–Crippen LogP) is 1.40. The normalized spacial score (nSPS) is 21.2. The molecule has 104 valence electrons. The van der Waals surface area contributed by atoms with Gasteiger partial charge in [0.2, 0.25) is 5.91 Å². The fourth-order valence-electron chi connectivity index (χ4n) is 2.53. The molecule has 2 atom stereocenters. The van der Waals surface area contributed by atoms with Crippen LogP contribution in [-0.2, 0) is 9.53 Å². The van der Waals surface area contributed by atoms with Crippen LogP contribution in [0.1, 0.15) is 24.8 Å². The smallest absolute Gasteiger partial charge is 0.230 e. The van der Waals surface area contributed by atoms with Crippen LogP contribution in [0.25, 0.3) is 0 Å². The number of nitrogens with zero attached hydrogens (tertiary/aromatic N) is 1. The summed E-state index contributed by atoms with van der Waals surface area (Å²) in [4.78, 5) is 14.4. The lowest BCUT2D eigenvalue weighted by atomic mass is 9.94. The Morgan fingerprint density at radius 3 is 2.84 bits per heavy atom. The molecule has 1 aliphatic heterocycles. The maximum absolute atomic E-state index is 12.7. The van der Waals surface area contributed by atoms with Crippen molar-refractivity contribution in [1.82, 2.24) is 4.90 Å². The molecule has 2 unspecified atom stereocenters. The molecule has 4 nitrogen and oxygen atoms in total. The second-order valence-electron chi connectivity index (χ2n) is 4.81. The van der Waals surface area contributed by atoms with Gasteiger partial charge in [-0.05, 0) is 12.0 Å². The number of hydrogen-bond donors (Lipinski definition) is 1. The number of aliphatic hydroxyl groups is 1. The zero-order valence-corrected chi connectivity index (χ0v) is 11.3. The molecule has 0 bridgehead atoms. The molecule has 1 fully saturated rings.